The maximum Gasteiger partial charge on any atom is 0.389 e. The lowest BCUT2D eigenvalue weighted by molar-refractivity contribution is -0.133. The first kappa shape index (κ1) is 16.4. The molecule has 0 fully saturated rings. The number of aryl methyl sites for hydroxylation is 1. The molecule has 0 saturated heterocycles. The second-order valence-electron chi connectivity index (χ2n) is 5.10. The molecule has 2 aromatic rings. The summed E-state index contributed by atoms with van der Waals surface area (Å²) >= 11 is 0. The number of hydrogen-bond acceptors (Lipinski definition) is 2. The molecule has 118 valence electrons. The summed E-state index contributed by atoms with van der Waals surface area (Å²) in [5.41, 5.74) is 3.21. The number of hydrogen-bond donors (Lipinski definition) is 2. The van der Waals surface area contributed by atoms with Gasteiger partial charge in [0.25, 0.3) is 0 Å². The molecule has 0 aliphatic heterocycles. The molecule has 5 heteroatoms. The fraction of sp³-hybridized carbons (Fsp3) is 0.294. The van der Waals surface area contributed by atoms with Crippen molar-refractivity contribution in [2.45, 2.75) is 32.2 Å². The number of alkyl halides is 3. The summed E-state index contributed by atoms with van der Waals surface area (Å²) in [7, 11) is 0. The minimum absolute atomic E-state index is 0.00597. The predicted octanol–water partition coefficient (Wildman–Crippen LogP) is 4.29. The van der Waals surface area contributed by atoms with Crippen LogP contribution in [0.1, 0.15) is 23.1 Å². The van der Waals surface area contributed by atoms with Gasteiger partial charge in [-0.3, -0.25) is 0 Å². The third-order valence-corrected chi connectivity index (χ3v) is 3.38. The van der Waals surface area contributed by atoms with Crippen molar-refractivity contribution >= 4 is 5.69 Å². The van der Waals surface area contributed by atoms with Crippen LogP contribution < -0.4 is 5.32 Å². The lowest BCUT2D eigenvalue weighted by Crippen LogP contribution is -2.10. The van der Waals surface area contributed by atoms with E-state index in [9.17, 15) is 13.2 Å². The predicted molar refractivity (Wildman–Crippen MR) is 80.5 cm³/mol. The number of aliphatic hydroxyl groups excluding tert-OH is 1. The summed E-state index contributed by atoms with van der Waals surface area (Å²) < 4.78 is 37.1. The van der Waals surface area contributed by atoms with Gasteiger partial charge in [0.15, 0.2) is 0 Å². The Labute approximate surface area is 127 Å². The van der Waals surface area contributed by atoms with E-state index in [1.165, 1.54) is 0 Å². The van der Waals surface area contributed by atoms with Gasteiger partial charge in [0.05, 0.1) is 6.61 Å². The number of halogens is 3. The highest BCUT2D eigenvalue weighted by atomic mass is 19.4. The molecular weight excluding hydrogens is 291 g/mol. The SMILES string of the molecule is OCc1ccc(CNc2ccccc2CCC(F)(F)F)cc1. The van der Waals surface area contributed by atoms with Gasteiger partial charge >= 0.3 is 6.18 Å². The zero-order valence-corrected chi connectivity index (χ0v) is 12.0. The van der Waals surface area contributed by atoms with Crippen molar-refractivity contribution in [2.24, 2.45) is 0 Å². The molecule has 0 saturated carbocycles. The second-order valence-corrected chi connectivity index (χ2v) is 5.10. The van der Waals surface area contributed by atoms with Crippen LogP contribution >= 0.6 is 0 Å². The Kier molecular flexibility index (Phi) is 5.44. The Morgan fingerprint density at radius 2 is 1.55 bits per heavy atom. The van der Waals surface area contributed by atoms with Gasteiger partial charge in [-0.05, 0) is 29.2 Å². The number of nitrogens with one attached hydrogen (secondary N) is 1. The van der Waals surface area contributed by atoms with E-state index in [1.807, 2.05) is 24.3 Å². The minimum atomic E-state index is -4.15. The number of aliphatic hydroxyl groups is 1. The van der Waals surface area contributed by atoms with Gasteiger partial charge in [0.1, 0.15) is 0 Å². The molecule has 0 radical (unpaired) electrons. The van der Waals surface area contributed by atoms with Crippen LogP contribution in [0, 0.1) is 0 Å². The van der Waals surface area contributed by atoms with Gasteiger partial charge in [-0.25, -0.2) is 0 Å². The van der Waals surface area contributed by atoms with Crippen LogP contribution in [0.3, 0.4) is 0 Å². The lowest BCUT2D eigenvalue weighted by Gasteiger charge is -2.13. The molecule has 0 heterocycles. The van der Waals surface area contributed by atoms with E-state index in [0.29, 0.717) is 12.1 Å². The van der Waals surface area contributed by atoms with Crippen LogP contribution in [-0.2, 0) is 19.6 Å². The third-order valence-electron chi connectivity index (χ3n) is 3.38. The Hall–Kier alpha value is -2.01. The summed E-state index contributed by atoms with van der Waals surface area (Å²) in [6, 6.07) is 14.5. The maximum atomic E-state index is 12.4. The van der Waals surface area contributed by atoms with Gasteiger partial charge in [0.2, 0.25) is 0 Å². The highest BCUT2D eigenvalue weighted by molar-refractivity contribution is 5.51. The lowest BCUT2D eigenvalue weighted by atomic mass is 10.1. The van der Waals surface area contributed by atoms with Crippen LogP contribution in [0.15, 0.2) is 48.5 Å². The van der Waals surface area contributed by atoms with Gasteiger partial charge in [-0.1, -0.05) is 42.5 Å². The third kappa shape index (κ3) is 5.07. The van der Waals surface area contributed by atoms with E-state index in [4.69, 9.17) is 5.11 Å². The first-order valence-corrected chi connectivity index (χ1v) is 7.05. The molecule has 0 unspecified atom stereocenters. The molecule has 2 N–H and O–H groups in total. The standard InChI is InChI=1S/C17H18F3NO/c18-17(19,20)10-9-15-3-1-2-4-16(15)21-11-13-5-7-14(12-22)8-6-13/h1-8,21-22H,9-12H2. The van der Waals surface area contributed by atoms with Gasteiger partial charge in [-0.15, -0.1) is 0 Å². The first-order chi connectivity index (χ1) is 10.5. The summed E-state index contributed by atoms with van der Waals surface area (Å²) in [6.07, 6.45) is -5.00. The van der Waals surface area contributed by atoms with Crippen LogP contribution in [-0.4, -0.2) is 11.3 Å². The normalized spacial score (nSPS) is 11.5. The fourth-order valence-electron chi connectivity index (χ4n) is 2.15. The molecule has 2 aromatic carbocycles. The summed E-state index contributed by atoms with van der Waals surface area (Å²) in [6.45, 7) is 0.517. The molecule has 0 bridgehead atoms. The second kappa shape index (κ2) is 7.31. The van der Waals surface area contributed by atoms with Crippen molar-refractivity contribution in [3.8, 4) is 0 Å². The molecule has 0 aliphatic rings. The van der Waals surface area contributed by atoms with Crippen molar-refractivity contribution in [2.75, 3.05) is 5.32 Å². The fourth-order valence-corrected chi connectivity index (χ4v) is 2.15. The Morgan fingerprint density at radius 3 is 2.18 bits per heavy atom. The number of anilines is 1. The average Bonchev–Trinajstić information content (AvgIpc) is 2.51. The maximum absolute atomic E-state index is 12.4. The molecule has 0 aliphatic carbocycles. The van der Waals surface area contributed by atoms with E-state index >= 15 is 0 Å². The number of rotatable bonds is 6. The van der Waals surface area contributed by atoms with E-state index in [1.54, 1.807) is 24.3 Å². The molecule has 0 atom stereocenters. The van der Waals surface area contributed by atoms with Crippen LogP contribution in [0.5, 0.6) is 0 Å². The molecular formula is C17H18F3NO. The summed E-state index contributed by atoms with van der Waals surface area (Å²) in [4.78, 5) is 0. The monoisotopic (exact) mass is 309 g/mol. The largest absolute Gasteiger partial charge is 0.392 e. The Morgan fingerprint density at radius 1 is 0.909 bits per heavy atom. The molecule has 0 amide bonds. The van der Waals surface area contributed by atoms with E-state index < -0.39 is 12.6 Å². The first-order valence-electron chi connectivity index (χ1n) is 7.05. The average molecular weight is 309 g/mol. The van der Waals surface area contributed by atoms with Crippen LogP contribution in [0.4, 0.5) is 18.9 Å². The van der Waals surface area contributed by atoms with Crippen molar-refractivity contribution in [3.05, 3.63) is 65.2 Å². The van der Waals surface area contributed by atoms with Crippen molar-refractivity contribution in [1.29, 1.82) is 0 Å². The summed E-state index contributed by atoms with van der Waals surface area (Å²) in [5.74, 6) is 0. The highest BCUT2D eigenvalue weighted by Crippen LogP contribution is 2.25. The number of para-hydroxylation sites is 1. The number of benzene rings is 2. The van der Waals surface area contributed by atoms with Crippen molar-refractivity contribution in [1.82, 2.24) is 0 Å². The molecule has 2 rings (SSSR count). The van der Waals surface area contributed by atoms with Gasteiger partial charge in [0, 0.05) is 18.7 Å². The molecule has 0 aromatic heterocycles. The molecule has 0 spiro atoms. The minimum Gasteiger partial charge on any atom is -0.392 e. The summed E-state index contributed by atoms with van der Waals surface area (Å²) in [5, 5.41) is 12.2. The van der Waals surface area contributed by atoms with E-state index in [-0.39, 0.29) is 13.0 Å². The Bertz CT molecular complexity index is 594. The topological polar surface area (TPSA) is 32.3 Å². The van der Waals surface area contributed by atoms with Crippen molar-refractivity contribution < 1.29 is 18.3 Å². The Balaban J connectivity index is 1.99. The van der Waals surface area contributed by atoms with E-state index in [2.05, 4.69) is 5.32 Å². The smallest absolute Gasteiger partial charge is 0.389 e. The van der Waals surface area contributed by atoms with E-state index in [0.717, 1.165) is 16.8 Å². The van der Waals surface area contributed by atoms with Crippen molar-refractivity contribution in [3.63, 3.8) is 0 Å². The molecule has 22 heavy (non-hydrogen) atoms. The quantitative estimate of drug-likeness (QED) is 0.834. The van der Waals surface area contributed by atoms with Gasteiger partial charge in [-0.2, -0.15) is 13.2 Å². The zero-order chi connectivity index (χ0) is 16.0. The van der Waals surface area contributed by atoms with Crippen LogP contribution in [0.2, 0.25) is 0 Å². The zero-order valence-electron chi connectivity index (χ0n) is 12.0. The van der Waals surface area contributed by atoms with Gasteiger partial charge < -0.3 is 10.4 Å². The molecule has 2 nitrogen and oxygen atoms in total. The van der Waals surface area contributed by atoms with Crippen LogP contribution in [0.25, 0.3) is 0 Å². The highest BCUT2D eigenvalue weighted by Gasteiger charge is 2.26.